The first-order valence-corrected chi connectivity index (χ1v) is 6.20. The maximum Gasteiger partial charge on any atom is 0.339 e. The van der Waals surface area contributed by atoms with E-state index in [1.54, 1.807) is 30.5 Å². The van der Waals surface area contributed by atoms with Crippen molar-refractivity contribution in [1.29, 1.82) is 0 Å². The second kappa shape index (κ2) is 6.06. The van der Waals surface area contributed by atoms with Crippen molar-refractivity contribution in [3.63, 3.8) is 0 Å². The molecule has 0 radical (unpaired) electrons. The Balaban J connectivity index is 2.03. The molecular weight excluding hydrogens is 258 g/mol. The molecule has 2 rings (SSSR count). The number of aromatic carboxylic acids is 1. The lowest BCUT2D eigenvalue weighted by molar-refractivity contribution is 0.0692. The Morgan fingerprint density at radius 3 is 2.75 bits per heavy atom. The van der Waals surface area contributed by atoms with Crippen LogP contribution in [0.1, 0.15) is 15.9 Å². The van der Waals surface area contributed by atoms with Gasteiger partial charge in [-0.25, -0.2) is 4.79 Å². The van der Waals surface area contributed by atoms with Gasteiger partial charge in [0.05, 0.1) is 6.54 Å². The van der Waals surface area contributed by atoms with Gasteiger partial charge in [-0.1, -0.05) is 12.1 Å². The smallest absolute Gasteiger partial charge is 0.339 e. The number of ether oxygens (including phenoxy) is 1. The third-order valence-corrected chi connectivity index (χ3v) is 2.86. The average molecular weight is 273 g/mol. The molecule has 1 heterocycles. The molecule has 0 atom stereocenters. The van der Waals surface area contributed by atoms with E-state index in [0.29, 0.717) is 12.3 Å². The van der Waals surface area contributed by atoms with E-state index in [9.17, 15) is 9.59 Å². The molecule has 2 aromatic rings. The molecule has 0 fully saturated rings. The predicted octanol–water partition coefficient (Wildman–Crippen LogP) is 1.93. The van der Waals surface area contributed by atoms with Crippen molar-refractivity contribution in [2.24, 2.45) is 0 Å². The van der Waals surface area contributed by atoms with Crippen LogP contribution in [-0.2, 0) is 6.54 Å². The van der Waals surface area contributed by atoms with Crippen LogP contribution in [0.25, 0.3) is 0 Å². The van der Waals surface area contributed by atoms with Crippen LogP contribution in [0, 0.1) is 6.92 Å². The van der Waals surface area contributed by atoms with Crippen LogP contribution in [0.2, 0.25) is 0 Å². The first kappa shape index (κ1) is 13.9. The number of benzene rings is 1. The van der Waals surface area contributed by atoms with Crippen molar-refractivity contribution in [2.75, 3.05) is 6.61 Å². The van der Waals surface area contributed by atoms with Gasteiger partial charge in [-0.15, -0.1) is 0 Å². The highest BCUT2D eigenvalue weighted by Gasteiger charge is 2.09. The molecule has 1 aromatic heterocycles. The maximum atomic E-state index is 11.7. The average Bonchev–Trinajstić information content (AvgIpc) is 2.41. The summed E-state index contributed by atoms with van der Waals surface area (Å²) in [5.74, 6) is -0.728. The topological polar surface area (TPSA) is 68.5 Å². The molecule has 104 valence electrons. The van der Waals surface area contributed by atoms with Crippen molar-refractivity contribution >= 4 is 5.97 Å². The van der Waals surface area contributed by atoms with Gasteiger partial charge in [-0.05, 0) is 30.7 Å². The number of aryl methyl sites for hydroxylation is 1. The van der Waals surface area contributed by atoms with E-state index in [-0.39, 0.29) is 17.7 Å². The number of aromatic nitrogens is 1. The van der Waals surface area contributed by atoms with Gasteiger partial charge in [0.25, 0.3) is 5.56 Å². The van der Waals surface area contributed by atoms with E-state index in [0.717, 1.165) is 5.56 Å². The predicted molar refractivity (Wildman–Crippen MR) is 74.3 cm³/mol. The number of carboxylic acids is 1. The second-order valence-corrected chi connectivity index (χ2v) is 4.39. The minimum absolute atomic E-state index is 0.0971. The van der Waals surface area contributed by atoms with Crippen LogP contribution in [0.3, 0.4) is 0 Å². The van der Waals surface area contributed by atoms with Gasteiger partial charge >= 0.3 is 5.97 Å². The van der Waals surface area contributed by atoms with Gasteiger partial charge in [-0.2, -0.15) is 0 Å². The van der Waals surface area contributed by atoms with Crippen LogP contribution < -0.4 is 10.3 Å². The third kappa shape index (κ3) is 3.26. The minimum atomic E-state index is -1.03. The van der Waals surface area contributed by atoms with Crippen molar-refractivity contribution < 1.29 is 14.6 Å². The second-order valence-electron chi connectivity index (χ2n) is 4.39. The van der Waals surface area contributed by atoms with Gasteiger partial charge in [0.15, 0.2) is 0 Å². The lowest BCUT2D eigenvalue weighted by atomic mass is 10.2. The molecule has 1 aromatic carbocycles. The summed E-state index contributed by atoms with van der Waals surface area (Å²) in [5, 5.41) is 9.02. The zero-order valence-corrected chi connectivity index (χ0v) is 11.1. The molecule has 5 heteroatoms. The van der Waals surface area contributed by atoms with Crippen LogP contribution in [-0.4, -0.2) is 22.2 Å². The molecule has 0 aliphatic heterocycles. The van der Waals surface area contributed by atoms with E-state index in [4.69, 9.17) is 9.84 Å². The Labute approximate surface area is 116 Å². The summed E-state index contributed by atoms with van der Waals surface area (Å²) in [6.07, 6.45) is 1.70. The van der Waals surface area contributed by atoms with Crippen LogP contribution in [0.5, 0.6) is 5.75 Å². The van der Waals surface area contributed by atoms with Crippen LogP contribution in [0.15, 0.2) is 47.4 Å². The molecule has 0 unspecified atom stereocenters. The van der Waals surface area contributed by atoms with Gasteiger partial charge in [0, 0.05) is 12.3 Å². The van der Waals surface area contributed by atoms with E-state index in [1.165, 1.54) is 10.6 Å². The summed E-state index contributed by atoms with van der Waals surface area (Å²) in [6, 6.07) is 9.81. The normalized spacial score (nSPS) is 10.2. The Morgan fingerprint density at radius 1 is 1.30 bits per heavy atom. The first-order chi connectivity index (χ1) is 9.58. The third-order valence-electron chi connectivity index (χ3n) is 2.86. The van der Waals surface area contributed by atoms with Crippen molar-refractivity contribution in [3.8, 4) is 5.75 Å². The molecule has 0 amide bonds. The molecule has 0 aliphatic carbocycles. The fourth-order valence-electron chi connectivity index (χ4n) is 1.81. The lowest BCUT2D eigenvalue weighted by Crippen LogP contribution is -2.22. The SMILES string of the molecule is Cc1ccn(CCOc2ccccc2C(=O)O)c(=O)c1. The Bertz CT molecular complexity index is 676. The number of hydrogen-bond acceptors (Lipinski definition) is 3. The Morgan fingerprint density at radius 2 is 2.05 bits per heavy atom. The molecule has 1 N–H and O–H groups in total. The number of para-hydroxylation sites is 1. The zero-order valence-electron chi connectivity index (χ0n) is 11.1. The summed E-state index contributed by atoms with van der Waals surface area (Å²) in [4.78, 5) is 22.7. The van der Waals surface area contributed by atoms with Crippen molar-refractivity contribution in [1.82, 2.24) is 4.57 Å². The molecule has 0 bridgehead atoms. The standard InChI is InChI=1S/C15H15NO4/c1-11-6-7-16(14(17)10-11)8-9-20-13-5-3-2-4-12(13)15(18)19/h2-7,10H,8-9H2,1H3,(H,18,19). The van der Waals surface area contributed by atoms with E-state index in [2.05, 4.69) is 0 Å². The molecule has 0 saturated carbocycles. The van der Waals surface area contributed by atoms with E-state index < -0.39 is 5.97 Å². The molecule has 0 saturated heterocycles. The highest BCUT2D eigenvalue weighted by Crippen LogP contribution is 2.17. The molecule has 20 heavy (non-hydrogen) atoms. The summed E-state index contributed by atoms with van der Waals surface area (Å²) in [7, 11) is 0. The summed E-state index contributed by atoms with van der Waals surface area (Å²) in [6.45, 7) is 2.45. The maximum absolute atomic E-state index is 11.7. The van der Waals surface area contributed by atoms with Crippen LogP contribution >= 0.6 is 0 Å². The van der Waals surface area contributed by atoms with Gasteiger partial charge in [0.2, 0.25) is 0 Å². The molecule has 0 aliphatic rings. The number of pyridine rings is 1. The fourth-order valence-corrected chi connectivity index (χ4v) is 1.81. The van der Waals surface area contributed by atoms with Crippen molar-refractivity contribution in [2.45, 2.75) is 13.5 Å². The highest BCUT2D eigenvalue weighted by atomic mass is 16.5. The Hall–Kier alpha value is -2.56. The number of nitrogens with zero attached hydrogens (tertiary/aromatic N) is 1. The van der Waals surface area contributed by atoms with Crippen molar-refractivity contribution in [3.05, 3.63) is 64.1 Å². The first-order valence-electron chi connectivity index (χ1n) is 6.20. The summed E-state index contributed by atoms with van der Waals surface area (Å²) in [5.41, 5.74) is 0.923. The zero-order chi connectivity index (χ0) is 14.5. The molecule has 0 spiro atoms. The lowest BCUT2D eigenvalue weighted by Gasteiger charge is -2.10. The summed E-state index contributed by atoms with van der Waals surface area (Å²) >= 11 is 0. The summed E-state index contributed by atoms with van der Waals surface area (Å²) < 4.78 is 6.97. The number of carbonyl (C=O) groups is 1. The van der Waals surface area contributed by atoms with Gasteiger partial charge in [0.1, 0.15) is 17.9 Å². The van der Waals surface area contributed by atoms with E-state index in [1.807, 2.05) is 13.0 Å². The van der Waals surface area contributed by atoms with Gasteiger partial charge in [-0.3, -0.25) is 4.79 Å². The highest BCUT2D eigenvalue weighted by molar-refractivity contribution is 5.90. The van der Waals surface area contributed by atoms with Crippen LogP contribution in [0.4, 0.5) is 0 Å². The van der Waals surface area contributed by atoms with Gasteiger partial charge < -0.3 is 14.4 Å². The largest absolute Gasteiger partial charge is 0.491 e. The van der Waals surface area contributed by atoms with E-state index >= 15 is 0 Å². The number of rotatable bonds is 5. The molecular formula is C15H15NO4. The fraction of sp³-hybridized carbons (Fsp3) is 0.200. The number of hydrogen-bond donors (Lipinski definition) is 1. The minimum Gasteiger partial charge on any atom is -0.491 e. The molecule has 5 nitrogen and oxygen atoms in total. The number of carboxylic acid groups (broad SMARTS) is 1. The Kier molecular flexibility index (Phi) is 4.20. The monoisotopic (exact) mass is 273 g/mol. The quantitative estimate of drug-likeness (QED) is 0.903.